The molecule has 4 heteroatoms. The first-order valence-corrected chi connectivity index (χ1v) is 4.71. The van der Waals surface area contributed by atoms with Crippen LogP contribution in [0.2, 0.25) is 0 Å². The lowest BCUT2D eigenvalue weighted by atomic mass is 10.1. The fraction of sp³-hybridized carbons (Fsp3) is 0.333. The van der Waals surface area contributed by atoms with Crippen LogP contribution in [0.1, 0.15) is 17.7 Å². The summed E-state index contributed by atoms with van der Waals surface area (Å²) in [6, 6.07) is 1.93. The number of halogens is 1. The molecule has 1 aromatic rings. The molecule has 13 heavy (non-hydrogen) atoms. The number of hydrogen-bond acceptors (Lipinski definition) is 2. The normalized spacial score (nSPS) is 10.0. The van der Waals surface area contributed by atoms with Crippen molar-refractivity contribution in [2.45, 2.75) is 19.8 Å². The molecule has 0 radical (unpaired) electrons. The van der Waals surface area contributed by atoms with Crippen molar-refractivity contribution in [3.8, 4) is 0 Å². The van der Waals surface area contributed by atoms with Crippen LogP contribution in [0.15, 0.2) is 16.7 Å². The molecule has 0 aliphatic carbocycles. The molecular formula is C9H10BrNO2. The lowest BCUT2D eigenvalue weighted by Crippen LogP contribution is -2.00. The van der Waals surface area contributed by atoms with Gasteiger partial charge in [0.25, 0.3) is 0 Å². The number of carboxylic acid groups (broad SMARTS) is 1. The molecule has 0 unspecified atom stereocenters. The largest absolute Gasteiger partial charge is 0.481 e. The number of aryl methyl sites for hydroxylation is 2. The van der Waals surface area contributed by atoms with E-state index in [9.17, 15) is 4.79 Å². The summed E-state index contributed by atoms with van der Waals surface area (Å²) in [7, 11) is 0. The summed E-state index contributed by atoms with van der Waals surface area (Å²) in [5.41, 5.74) is 1.88. The molecule has 3 nitrogen and oxygen atoms in total. The van der Waals surface area contributed by atoms with Gasteiger partial charge in [0.05, 0.1) is 6.42 Å². The average molecular weight is 244 g/mol. The molecule has 0 atom stereocenters. The van der Waals surface area contributed by atoms with Crippen LogP contribution >= 0.6 is 15.9 Å². The van der Waals surface area contributed by atoms with Gasteiger partial charge in [-0.25, -0.2) is 0 Å². The Morgan fingerprint density at radius 1 is 1.69 bits per heavy atom. The van der Waals surface area contributed by atoms with E-state index < -0.39 is 5.97 Å². The fourth-order valence-corrected chi connectivity index (χ4v) is 1.50. The molecule has 1 heterocycles. The van der Waals surface area contributed by atoms with E-state index in [1.165, 1.54) is 0 Å². The molecular weight excluding hydrogens is 234 g/mol. The Balaban J connectivity index is 2.72. The number of pyridine rings is 1. The summed E-state index contributed by atoms with van der Waals surface area (Å²) in [6.07, 6.45) is 2.31. The van der Waals surface area contributed by atoms with Crippen LogP contribution in [0.5, 0.6) is 0 Å². The molecule has 1 rings (SSSR count). The zero-order chi connectivity index (χ0) is 9.84. The summed E-state index contributed by atoms with van der Waals surface area (Å²) in [5, 5.41) is 8.48. The molecule has 70 valence electrons. The third kappa shape index (κ3) is 3.14. The van der Waals surface area contributed by atoms with E-state index in [0.717, 1.165) is 15.7 Å². The molecule has 0 aliphatic heterocycles. The van der Waals surface area contributed by atoms with Crippen molar-refractivity contribution in [1.29, 1.82) is 0 Å². The fourth-order valence-electron chi connectivity index (χ4n) is 1.06. The minimum absolute atomic E-state index is 0.134. The van der Waals surface area contributed by atoms with Gasteiger partial charge < -0.3 is 5.11 Å². The molecule has 1 aromatic heterocycles. The van der Waals surface area contributed by atoms with Gasteiger partial charge in [0.15, 0.2) is 0 Å². The van der Waals surface area contributed by atoms with E-state index >= 15 is 0 Å². The van der Waals surface area contributed by atoms with Crippen molar-refractivity contribution in [1.82, 2.24) is 4.98 Å². The average Bonchev–Trinajstić information content (AvgIpc) is 2.02. The third-order valence-electron chi connectivity index (χ3n) is 1.73. The Hall–Kier alpha value is -0.900. The lowest BCUT2D eigenvalue weighted by Gasteiger charge is -2.02. The molecule has 0 fully saturated rings. The summed E-state index contributed by atoms with van der Waals surface area (Å²) in [4.78, 5) is 14.5. The highest BCUT2D eigenvalue weighted by Gasteiger charge is 2.03. The van der Waals surface area contributed by atoms with Crippen LogP contribution in [-0.4, -0.2) is 16.1 Å². The second-order valence-electron chi connectivity index (χ2n) is 2.81. The number of carbonyl (C=O) groups is 1. The van der Waals surface area contributed by atoms with Crippen LogP contribution in [0.25, 0.3) is 0 Å². The number of aliphatic carboxylic acids is 1. The number of carboxylic acids is 1. The van der Waals surface area contributed by atoms with Crippen LogP contribution in [0.4, 0.5) is 0 Å². The molecule has 0 saturated heterocycles. The SMILES string of the molecule is Cc1cc(Br)cnc1CCC(=O)O. The van der Waals surface area contributed by atoms with E-state index in [0.29, 0.717) is 6.42 Å². The Morgan fingerprint density at radius 2 is 2.38 bits per heavy atom. The maximum Gasteiger partial charge on any atom is 0.303 e. The second-order valence-corrected chi connectivity index (χ2v) is 3.73. The van der Waals surface area contributed by atoms with Gasteiger partial charge in [-0.05, 0) is 34.5 Å². The zero-order valence-corrected chi connectivity index (χ0v) is 8.84. The van der Waals surface area contributed by atoms with Crippen molar-refractivity contribution >= 4 is 21.9 Å². The van der Waals surface area contributed by atoms with Gasteiger partial charge in [-0.1, -0.05) is 0 Å². The number of rotatable bonds is 3. The highest BCUT2D eigenvalue weighted by molar-refractivity contribution is 9.10. The smallest absolute Gasteiger partial charge is 0.303 e. The summed E-state index contributed by atoms with van der Waals surface area (Å²) in [6.45, 7) is 1.93. The Bertz CT molecular complexity index is 325. The number of hydrogen-bond donors (Lipinski definition) is 1. The topological polar surface area (TPSA) is 50.2 Å². The van der Waals surface area contributed by atoms with Gasteiger partial charge in [-0.15, -0.1) is 0 Å². The lowest BCUT2D eigenvalue weighted by molar-refractivity contribution is -0.136. The molecule has 1 N–H and O–H groups in total. The summed E-state index contributed by atoms with van der Waals surface area (Å²) in [5.74, 6) is -0.788. The van der Waals surface area contributed by atoms with Crippen molar-refractivity contribution in [3.05, 3.63) is 28.0 Å². The minimum atomic E-state index is -0.788. The highest BCUT2D eigenvalue weighted by atomic mass is 79.9. The van der Waals surface area contributed by atoms with Crippen LogP contribution in [-0.2, 0) is 11.2 Å². The van der Waals surface area contributed by atoms with E-state index in [1.807, 2.05) is 13.0 Å². The van der Waals surface area contributed by atoms with Gasteiger partial charge >= 0.3 is 5.97 Å². The van der Waals surface area contributed by atoms with Crippen molar-refractivity contribution in [2.24, 2.45) is 0 Å². The molecule has 0 aromatic carbocycles. The molecule has 0 spiro atoms. The van der Waals surface area contributed by atoms with Gasteiger partial charge in [0.1, 0.15) is 0 Å². The second kappa shape index (κ2) is 4.37. The van der Waals surface area contributed by atoms with Gasteiger partial charge in [0.2, 0.25) is 0 Å². The van der Waals surface area contributed by atoms with Gasteiger partial charge in [-0.2, -0.15) is 0 Å². The number of aromatic nitrogens is 1. The first-order chi connectivity index (χ1) is 6.09. The van der Waals surface area contributed by atoms with Crippen LogP contribution < -0.4 is 0 Å². The summed E-state index contributed by atoms with van der Waals surface area (Å²) >= 11 is 3.30. The van der Waals surface area contributed by atoms with Crippen molar-refractivity contribution in [3.63, 3.8) is 0 Å². The quantitative estimate of drug-likeness (QED) is 0.886. The molecule has 0 aliphatic rings. The highest BCUT2D eigenvalue weighted by Crippen LogP contribution is 2.13. The maximum absolute atomic E-state index is 10.3. The molecule has 0 amide bonds. The maximum atomic E-state index is 10.3. The van der Waals surface area contributed by atoms with Crippen LogP contribution in [0.3, 0.4) is 0 Å². The van der Waals surface area contributed by atoms with E-state index in [2.05, 4.69) is 20.9 Å². The van der Waals surface area contributed by atoms with E-state index in [-0.39, 0.29) is 6.42 Å². The van der Waals surface area contributed by atoms with E-state index in [1.54, 1.807) is 6.20 Å². The molecule has 0 bridgehead atoms. The predicted molar refractivity (Wildman–Crippen MR) is 52.6 cm³/mol. The van der Waals surface area contributed by atoms with Crippen LogP contribution in [0, 0.1) is 6.92 Å². The summed E-state index contributed by atoms with van der Waals surface area (Å²) < 4.78 is 0.920. The van der Waals surface area contributed by atoms with Crippen molar-refractivity contribution < 1.29 is 9.90 Å². The Labute approximate surface area is 84.9 Å². The first kappa shape index (κ1) is 10.2. The van der Waals surface area contributed by atoms with Crippen molar-refractivity contribution in [2.75, 3.05) is 0 Å². The Morgan fingerprint density at radius 3 is 2.92 bits per heavy atom. The predicted octanol–water partition coefficient (Wildman–Crippen LogP) is 2.17. The monoisotopic (exact) mass is 243 g/mol. The van der Waals surface area contributed by atoms with Gasteiger partial charge in [0, 0.05) is 22.8 Å². The first-order valence-electron chi connectivity index (χ1n) is 3.92. The Kier molecular flexibility index (Phi) is 3.42. The van der Waals surface area contributed by atoms with Gasteiger partial charge in [-0.3, -0.25) is 9.78 Å². The standard InChI is InChI=1S/C9H10BrNO2/c1-6-4-7(10)5-11-8(6)2-3-9(12)13/h4-5H,2-3H2,1H3,(H,12,13). The molecule has 0 saturated carbocycles. The third-order valence-corrected chi connectivity index (χ3v) is 2.16. The minimum Gasteiger partial charge on any atom is -0.481 e. The zero-order valence-electron chi connectivity index (χ0n) is 7.25. The number of nitrogens with zero attached hydrogens (tertiary/aromatic N) is 1. The van der Waals surface area contributed by atoms with E-state index in [4.69, 9.17) is 5.11 Å².